The number of nitrogens with zero attached hydrogens (tertiary/aromatic N) is 3. The number of aliphatic hydroxyl groups is 1. The van der Waals surface area contributed by atoms with E-state index < -0.39 is 6.10 Å². The number of likely N-dealkylation sites (N-methyl/N-ethyl adjacent to an activating group) is 1. The molecule has 1 saturated carbocycles. The Morgan fingerprint density at radius 3 is 2.86 bits per heavy atom. The minimum absolute atomic E-state index is 0.321. The highest BCUT2D eigenvalue weighted by Crippen LogP contribution is 2.22. The molecule has 1 heterocycles. The van der Waals surface area contributed by atoms with Gasteiger partial charge in [0.05, 0.1) is 6.54 Å². The van der Waals surface area contributed by atoms with E-state index in [4.69, 9.17) is 4.74 Å². The molecule has 2 N–H and O–H groups in total. The third-order valence-corrected chi connectivity index (χ3v) is 5.49. The quantitative estimate of drug-likeness (QED) is 0.582. The maximum Gasteiger partial charge on any atom is 0.123 e. The summed E-state index contributed by atoms with van der Waals surface area (Å²) in [6.07, 6.45) is 9.74. The van der Waals surface area contributed by atoms with Crippen molar-refractivity contribution in [2.24, 2.45) is 0 Å². The molecule has 6 nitrogen and oxygen atoms in total. The molecule has 154 valence electrons. The van der Waals surface area contributed by atoms with Crippen molar-refractivity contribution < 1.29 is 9.84 Å². The lowest BCUT2D eigenvalue weighted by Crippen LogP contribution is -2.40. The maximum atomic E-state index is 10.4. The second-order valence-electron chi connectivity index (χ2n) is 7.75. The molecule has 1 aromatic heterocycles. The number of benzene rings is 1. The SMILES string of the molecule is CN(C[C@@H](O)COc1ccccc1CNCCn1cccn1)C1CCCCC1. The molecule has 0 saturated heterocycles. The Hall–Kier alpha value is -1.89. The van der Waals surface area contributed by atoms with E-state index in [1.165, 1.54) is 32.1 Å². The number of nitrogens with one attached hydrogen (secondary N) is 1. The largest absolute Gasteiger partial charge is 0.491 e. The first-order chi connectivity index (χ1) is 13.7. The summed E-state index contributed by atoms with van der Waals surface area (Å²) >= 11 is 0. The highest BCUT2D eigenvalue weighted by Gasteiger charge is 2.20. The van der Waals surface area contributed by atoms with E-state index in [1.54, 1.807) is 6.20 Å². The van der Waals surface area contributed by atoms with Gasteiger partial charge in [0.25, 0.3) is 0 Å². The molecule has 0 radical (unpaired) electrons. The maximum absolute atomic E-state index is 10.4. The molecule has 6 heteroatoms. The number of hydrogen-bond donors (Lipinski definition) is 2. The first-order valence-corrected chi connectivity index (χ1v) is 10.5. The van der Waals surface area contributed by atoms with Crippen LogP contribution in [0.5, 0.6) is 5.75 Å². The van der Waals surface area contributed by atoms with Crippen molar-refractivity contribution in [3.8, 4) is 5.75 Å². The molecule has 1 aliphatic carbocycles. The highest BCUT2D eigenvalue weighted by molar-refractivity contribution is 5.33. The van der Waals surface area contributed by atoms with E-state index in [9.17, 15) is 5.11 Å². The molecule has 1 aromatic carbocycles. The normalized spacial score (nSPS) is 16.4. The monoisotopic (exact) mass is 386 g/mol. The molecule has 0 bridgehead atoms. The highest BCUT2D eigenvalue weighted by atomic mass is 16.5. The molecule has 0 unspecified atom stereocenters. The van der Waals surface area contributed by atoms with Gasteiger partial charge in [-0.05, 0) is 32.0 Å². The van der Waals surface area contributed by atoms with Crippen molar-refractivity contribution in [3.05, 3.63) is 48.3 Å². The van der Waals surface area contributed by atoms with Crippen LogP contribution in [0.15, 0.2) is 42.7 Å². The summed E-state index contributed by atoms with van der Waals surface area (Å²) in [7, 11) is 2.12. The lowest BCUT2D eigenvalue weighted by atomic mass is 9.94. The van der Waals surface area contributed by atoms with Crippen molar-refractivity contribution in [2.45, 2.75) is 57.3 Å². The Labute approximate surface area is 168 Å². The van der Waals surface area contributed by atoms with Gasteiger partial charge in [0.1, 0.15) is 18.5 Å². The van der Waals surface area contributed by atoms with Crippen molar-refractivity contribution in [1.29, 1.82) is 0 Å². The third kappa shape index (κ3) is 6.62. The zero-order valence-electron chi connectivity index (χ0n) is 17.0. The first kappa shape index (κ1) is 20.8. The van der Waals surface area contributed by atoms with Crippen LogP contribution in [0, 0.1) is 0 Å². The van der Waals surface area contributed by atoms with Crippen LogP contribution in [0.25, 0.3) is 0 Å². The number of aromatic nitrogens is 2. The van der Waals surface area contributed by atoms with E-state index in [-0.39, 0.29) is 0 Å². The van der Waals surface area contributed by atoms with Crippen LogP contribution >= 0.6 is 0 Å². The summed E-state index contributed by atoms with van der Waals surface area (Å²) < 4.78 is 7.87. The average molecular weight is 387 g/mol. The minimum Gasteiger partial charge on any atom is -0.491 e. The predicted molar refractivity (Wildman–Crippen MR) is 111 cm³/mol. The molecule has 3 rings (SSSR count). The Kier molecular flexibility index (Phi) is 8.33. The van der Waals surface area contributed by atoms with Crippen molar-refractivity contribution >= 4 is 0 Å². The van der Waals surface area contributed by atoms with E-state index in [0.717, 1.165) is 30.9 Å². The van der Waals surface area contributed by atoms with Crippen LogP contribution < -0.4 is 10.1 Å². The van der Waals surface area contributed by atoms with E-state index >= 15 is 0 Å². The summed E-state index contributed by atoms with van der Waals surface area (Å²) in [5.41, 5.74) is 1.11. The van der Waals surface area contributed by atoms with Crippen molar-refractivity contribution in [1.82, 2.24) is 20.0 Å². The van der Waals surface area contributed by atoms with Gasteiger partial charge >= 0.3 is 0 Å². The summed E-state index contributed by atoms with van der Waals surface area (Å²) in [5, 5.41) is 18.1. The Morgan fingerprint density at radius 2 is 2.07 bits per heavy atom. The Bertz CT molecular complexity index is 671. The number of hydrogen-bond acceptors (Lipinski definition) is 5. The van der Waals surface area contributed by atoms with Gasteiger partial charge < -0.3 is 20.1 Å². The molecular weight excluding hydrogens is 352 g/mol. The van der Waals surface area contributed by atoms with Gasteiger partial charge in [-0.1, -0.05) is 37.5 Å². The van der Waals surface area contributed by atoms with Crippen LogP contribution in [0.3, 0.4) is 0 Å². The molecule has 1 fully saturated rings. The Balaban J connectivity index is 1.40. The molecule has 28 heavy (non-hydrogen) atoms. The zero-order valence-corrected chi connectivity index (χ0v) is 17.0. The average Bonchev–Trinajstić information content (AvgIpc) is 3.24. The third-order valence-electron chi connectivity index (χ3n) is 5.49. The lowest BCUT2D eigenvalue weighted by Gasteiger charge is -2.32. The smallest absolute Gasteiger partial charge is 0.123 e. The second-order valence-corrected chi connectivity index (χ2v) is 7.75. The van der Waals surface area contributed by atoms with Gasteiger partial charge in [-0.3, -0.25) is 4.68 Å². The van der Waals surface area contributed by atoms with Crippen LogP contribution in [0.1, 0.15) is 37.7 Å². The summed E-state index contributed by atoms with van der Waals surface area (Å²) in [6, 6.07) is 10.6. The van der Waals surface area contributed by atoms with Gasteiger partial charge in [-0.2, -0.15) is 5.10 Å². The van der Waals surface area contributed by atoms with Crippen molar-refractivity contribution in [2.75, 3.05) is 26.7 Å². The lowest BCUT2D eigenvalue weighted by molar-refractivity contribution is 0.0558. The minimum atomic E-state index is -0.479. The van der Waals surface area contributed by atoms with Crippen LogP contribution in [-0.2, 0) is 13.1 Å². The van der Waals surface area contributed by atoms with E-state index in [0.29, 0.717) is 19.2 Å². The molecule has 0 spiro atoms. The van der Waals surface area contributed by atoms with Gasteiger partial charge in [-0.15, -0.1) is 0 Å². The van der Waals surface area contributed by atoms with Crippen LogP contribution in [0.2, 0.25) is 0 Å². The molecule has 2 aromatic rings. The molecule has 0 amide bonds. The number of aliphatic hydroxyl groups excluding tert-OH is 1. The molecule has 1 atom stereocenters. The fourth-order valence-corrected chi connectivity index (χ4v) is 3.88. The van der Waals surface area contributed by atoms with Crippen molar-refractivity contribution in [3.63, 3.8) is 0 Å². The second kappa shape index (κ2) is 11.2. The standard InChI is InChI=1S/C22H34N4O2/c1-25(20-9-3-2-4-10-20)17-21(27)18-28-22-11-6-5-8-19(22)16-23-13-15-26-14-7-12-24-26/h5-8,11-12,14,20-21,23,27H,2-4,9-10,13,15-18H2,1H3/t21-/m1/s1. The molecular formula is C22H34N4O2. The molecule has 0 aliphatic heterocycles. The predicted octanol–water partition coefficient (Wildman–Crippen LogP) is 2.68. The first-order valence-electron chi connectivity index (χ1n) is 10.5. The Morgan fingerprint density at radius 1 is 1.25 bits per heavy atom. The fraction of sp³-hybridized carbons (Fsp3) is 0.591. The van der Waals surface area contributed by atoms with E-state index in [2.05, 4.69) is 28.4 Å². The summed E-state index contributed by atoms with van der Waals surface area (Å²) in [6.45, 7) is 3.39. The number of para-hydroxylation sites is 1. The van der Waals surface area contributed by atoms with Gasteiger partial charge in [0, 0.05) is 43.6 Å². The summed E-state index contributed by atoms with van der Waals surface area (Å²) in [5.74, 6) is 0.841. The van der Waals surface area contributed by atoms with Gasteiger partial charge in [0.2, 0.25) is 0 Å². The van der Waals surface area contributed by atoms with E-state index in [1.807, 2.05) is 35.1 Å². The fourth-order valence-electron chi connectivity index (χ4n) is 3.88. The number of ether oxygens (including phenoxy) is 1. The zero-order chi connectivity index (χ0) is 19.6. The molecule has 1 aliphatic rings. The summed E-state index contributed by atoms with van der Waals surface area (Å²) in [4.78, 5) is 2.30. The number of rotatable bonds is 11. The van der Waals surface area contributed by atoms with Gasteiger partial charge in [0.15, 0.2) is 0 Å². The topological polar surface area (TPSA) is 62.6 Å². The van der Waals surface area contributed by atoms with Crippen LogP contribution in [-0.4, -0.2) is 58.7 Å². The van der Waals surface area contributed by atoms with Crippen LogP contribution in [0.4, 0.5) is 0 Å². The van der Waals surface area contributed by atoms with Gasteiger partial charge in [-0.25, -0.2) is 0 Å².